The molecule has 0 bridgehead atoms. The molecule has 3 rings (SSSR count). The predicted molar refractivity (Wildman–Crippen MR) is 111 cm³/mol. The van der Waals surface area contributed by atoms with Crippen molar-refractivity contribution >= 4 is 28.7 Å². The smallest absolute Gasteiger partial charge is 0.269 e. The molecule has 0 aliphatic carbocycles. The molecular formula is C21H18FN3O2S. The molecule has 142 valence electrons. The van der Waals surface area contributed by atoms with E-state index in [9.17, 15) is 14.6 Å². The molecule has 0 unspecified atom stereocenters. The number of benzene rings is 3. The van der Waals surface area contributed by atoms with Crippen molar-refractivity contribution in [3.8, 4) is 0 Å². The third-order valence-electron chi connectivity index (χ3n) is 4.16. The third kappa shape index (κ3) is 4.89. The molecule has 0 heterocycles. The number of rotatable bonds is 6. The minimum absolute atomic E-state index is 0.00813. The second kappa shape index (κ2) is 9.05. The predicted octanol–water partition coefficient (Wildman–Crippen LogP) is 5.27. The van der Waals surface area contributed by atoms with Crippen LogP contribution in [0.3, 0.4) is 0 Å². The molecule has 0 radical (unpaired) electrons. The summed E-state index contributed by atoms with van der Waals surface area (Å²) in [6, 6.07) is 24.6. The van der Waals surface area contributed by atoms with E-state index < -0.39 is 4.92 Å². The second-order valence-corrected chi connectivity index (χ2v) is 6.50. The fourth-order valence-corrected chi connectivity index (χ4v) is 2.96. The second-order valence-electron chi connectivity index (χ2n) is 6.13. The van der Waals surface area contributed by atoms with E-state index in [-0.39, 0.29) is 23.9 Å². The molecule has 3 aromatic carbocycles. The Hall–Kier alpha value is -3.32. The standard InChI is InChI=1S/C21H18FN3O2S/c22-24(16-17-7-3-1-4-8-17)21(28)23(19-9-5-2-6-10-19)15-18-11-13-20(14-12-18)25(26)27/h1-14H,15-16H2. The lowest BCUT2D eigenvalue weighted by molar-refractivity contribution is -0.384. The first-order chi connectivity index (χ1) is 13.5. The number of non-ortho nitro benzene ring substituents is 1. The molecule has 0 amide bonds. The van der Waals surface area contributed by atoms with Gasteiger partial charge in [0.05, 0.1) is 18.0 Å². The molecule has 0 N–H and O–H groups in total. The van der Waals surface area contributed by atoms with Crippen LogP contribution in [0.15, 0.2) is 84.9 Å². The zero-order valence-corrected chi connectivity index (χ0v) is 15.8. The average molecular weight is 395 g/mol. The lowest BCUT2D eigenvalue weighted by Gasteiger charge is -2.28. The van der Waals surface area contributed by atoms with Crippen LogP contribution in [0.25, 0.3) is 0 Å². The number of thiocarbonyl (C=S) groups is 1. The van der Waals surface area contributed by atoms with E-state index in [0.29, 0.717) is 5.12 Å². The molecule has 0 aromatic heterocycles. The number of anilines is 1. The summed E-state index contributed by atoms with van der Waals surface area (Å²) in [5.41, 5.74) is 2.33. The number of nitro groups is 1. The fraction of sp³-hybridized carbons (Fsp3) is 0.0952. The van der Waals surface area contributed by atoms with Crippen LogP contribution in [0.1, 0.15) is 11.1 Å². The number of halogens is 1. The van der Waals surface area contributed by atoms with Gasteiger partial charge in [0.15, 0.2) is 0 Å². The van der Waals surface area contributed by atoms with E-state index >= 15 is 0 Å². The van der Waals surface area contributed by atoms with Gasteiger partial charge in [-0.3, -0.25) is 10.1 Å². The molecule has 3 aromatic rings. The van der Waals surface area contributed by atoms with Gasteiger partial charge in [-0.1, -0.05) is 65.1 Å². The maximum Gasteiger partial charge on any atom is 0.269 e. The van der Waals surface area contributed by atoms with Crippen LogP contribution in [0.2, 0.25) is 0 Å². The first kappa shape index (κ1) is 19.4. The van der Waals surface area contributed by atoms with E-state index in [4.69, 9.17) is 12.2 Å². The van der Waals surface area contributed by atoms with Crippen molar-refractivity contribution < 1.29 is 9.40 Å². The Morgan fingerprint density at radius 1 is 0.857 bits per heavy atom. The van der Waals surface area contributed by atoms with Crippen molar-refractivity contribution in [2.75, 3.05) is 4.90 Å². The minimum atomic E-state index is -0.452. The van der Waals surface area contributed by atoms with Crippen LogP contribution in [0.4, 0.5) is 15.9 Å². The number of hydrogen-bond donors (Lipinski definition) is 0. The summed E-state index contributed by atoms with van der Waals surface area (Å²) in [7, 11) is 0. The van der Waals surface area contributed by atoms with E-state index in [1.165, 1.54) is 12.1 Å². The maximum atomic E-state index is 14.9. The van der Waals surface area contributed by atoms with Gasteiger partial charge in [-0.15, -0.1) is 0 Å². The van der Waals surface area contributed by atoms with Gasteiger partial charge in [0, 0.05) is 17.8 Å². The molecule has 0 atom stereocenters. The first-order valence-corrected chi connectivity index (χ1v) is 9.02. The summed E-state index contributed by atoms with van der Waals surface area (Å²) < 4.78 is 14.9. The Kier molecular flexibility index (Phi) is 6.29. The van der Waals surface area contributed by atoms with Crippen LogP contribution in [-0.2, 0) is 13.1 Å². The zero-order chi connectivity index (χ0) is 19.9. The van der Waals surface area contributed by atoms with Crippen LogP contribution in [-0.4, -0.2) is 15.2 Å². The number of hydrogen-bond acceptors (Lipinski definition) is 3. The highest BCUT2D eigenvalue weighted by Gasteiger charge is 2.20. The molecule has 0 aliphatic heterocycles. The summed E-state index contributed by atoms with van der Waals surface area (Å²) in [6.07, 6.45) is 0. The Labute approximate surface area is 167 Å². The summed E-state index contributed by atoms with van der Waals surface area (Å²) in [6.45, 7) is 0.319. The monoisotopic (exact) mass is 395 g/mol. The van der Waals surface area contributed by atoms with Gasteiger partial charge in [0.25, 0.3) is 5.69 Å². The number of nitro benzene ring substituents is 1. The number of nitrogens with zero attached hydrogens (tertiary/aromatic N) is 3. The Morgan fingerprint density at radius 3 is 1.96 bits per heavy atom. The lowest BCUT2D eigenvalue weighted by Crippen LogP contribution is -2.38. The van der Waals surface area contributed by atoms with Crippen molar-refractivity contribution in [2.45, 2.75) is 13.1 Å². The van der Waals surface area contributed by atoms with Gasteiger partial charge in [-0.25, -0.2) is 0 Å². The van der Waals surface area contributed by atoms with Crippen molar-refractivity contribution in [1.29, 1.82) is 0 Å². The van der Waals surface area contributed by atoms with Gasteiger partial charge < -0.3 is 4.90 Å². The summed E-state index contributed by atoms with van der Waals surface area (Å²) in [5, 5.41) is 11.4. The van der Waals surface area contributed by atoms with Crippen LogP contribution in [0, 0.1) is 10.1 Å². The molecule has 7 heteroatoms. The van der Waals surface area contributed by atoms with Crippen molar-refractivity contribution in [3.05, 3.63) is 106 Å². The van der Waals surface area contributed by atoms with Crippen LogP contribution < -0.4 is 4.90 Å². The molecule has 5 nitrogen and oxygen atoms in total. The summed E-state index contributed by atoms with van der Waals surface area (Å²) in [4.78, 5) is 12.1. The van der Waals surface area contributed by atoms with Crippen molar-refractivity contribution in [2.24, 2.45) is 0 Å². The lowest BCUT2D eigenvalue weighted by atomic mass is 10.2. The van der Waals surface area contributed by atoms with Gasteiger partial charge in [0.1, 0.15) is 0 Å². The minimum Gasteiger partial charge on any atom is -0.313 e. The zero-order valence-electron chi connectivity index (χ0n) is 14.9. The van der Waals surface area contributed by atoms with Crippen molar-refractivity contribution in [3.63, 3.8) is 0 Å². The Balaban J connectivity index is 1.82. The highest BCUT2D eigenvalue weighted by Crippen LogP contribution is 2.22. The SMILES string of the molecule is O=[N+]([O-])c1ccc(CN(C(=S)N(F)Cc2ccccc2)c2ccccc2)cc1. The molecular weight excluding hydrogens is 377 g/mol. The molecule has 28 heavy (non-hydrogen) atoms. The van der Waals surface area contributed by atoms with E-state index in [0.717, 1.165) is 16.8 Å². The van der Waals surface area contributed by atoms with E-state index in [1.807, 2.05) is 60.7 Å². The average Bonchev–Trinajstić information content (AvgIpc) is 2.73. The molecule has 0 aliphatic rings. The molecule has 0 saturated heterocycles. The van der Waals surface area contributed by atoms with Gasteiger partial charge >= 0.3 is 0 Å². The van der Waals surface area contributed by atoms with Gasteiger partial charge in [-0.2, -0.15) is 5.12 Å². The Bertz CT molecular complexity index is 937. The number of para-hydroxylation sites is 1. The van der Waals surface area contributed by atoms with E-state index in [2.05, 4.69) is 0 Å². The highest BCUT2D eigenvalue weighted by atomic mass is 32.1. The first-order valence-electron chi connectivity index (χ1n) is 8.62. The largest absolute Gasteiger partial charge is 0.313 e. The van der Waals surface area contributed by atoms with Crippen LogP contribution >= 0.6 is 12.2 Å². The summed E-state index contributed by atoms with van der Waals surface area (Å²) >= 11 is 5.41. The van der Waals surface area contributed by atoms with Crippen molar-refractivity contribution in [1.82, 2.24) is 5.12 Å². The van der Waals surface area contributed by atoms with Gasteiger partial charge in [0.2, 0.25) is 5.11 Å². The summed E-state index contributed by atoms with van der Waals surface area (Å²) in [5.74, 6) is 0. The van der Waals surface area contributed by atoms with Gasteiger partial charge in [-0.05, 0) is 35.5 Å². The Morgan fingerprint density at radius 2 is 1.39 bits per heavy atom. The van der Waals surface area contributed by atoms with E-state index in [1.54, 1.807) is 17.0 Å². The normalized spacial score (nSPS) is 10.3. The molecule has 0 fully saturated rings. The highest BCUT2D eigenvalue weighted by molar-refractivity contribution is 7.80. The quantitative estimate of drug-likeness (QED) is 0.246. The molecule has 0 saturated carbocycles. The topological polar surface area (TPSA) is 49.6 Å². The fourth-order valence-electron chi connectivity index (χ4n) is 2.73. The molecule has 0 spiro atoms. The van der Waals surface area contributed by atoms with Crippen LogP contribution in [0.5, 0.6) is 0 Å². The maximum absolute atomic E-state index is 14.9. The third-order valence-corrected chi connectivity index (χ3v) is 4.58.